The van der Waals surface area contributed by atoms with Crippen LogP contribution in [0.15, 0.2) is 66.7 Å². The summed E-state index contributed by atoms with van der Waals surface area (Å²) in [5, 5.41) is 0. The Kier molecular flexibility index (Phi) is 8.56. The Bertz CT molecular complexity index is 1090. The molecule has 0 amide bonds. The highest BCUT2D eigenvalue weighted by molar-refractivity contribution is 5.44. The van der Waals surface area contributed by atoms with E-state index in [9.17, 15) is 0 Å². The number of aryl methyl sites for hydroxylation is 1. The van der Waals surface area contributed by atoms with Crippen molar-refractivity contribution in [3.63, 3.8) is 0 Å². The van der Waals surface area contributed by atoms with Crippen LogP contribution < -0.4 is 9.47 Å². The third kappa shape index (κ3) is 7.34. The number of hydrogen-bond donors (Lipinski definition) is 0. The molecule has 2 aromatic carbocycles. The topological polar surface area (TPSA) is 49.8 Å². The molecule has 176 valence electrons. The Morgan fingerprint density at radius 3 is 2.41 bits per heavy atom. The first-order valence-corrected chi connectivity index (χ1v) is 11.8. The molecule has 0 radical (unpaired) electrons. The number of hydrogen-bond acceptors (Lipinski definition) is 5. The Hall–Kier alpha value is -3.33. The minimum absolute atomic E-state index is 0.258. The molecule has 0 saturated carbocycles. The summed E-state index contributed by atoms with van der Waals surface area (Å²) in [4.78, 5) is 4.56. The largest absolute Gasteiger partial charge is 0.489 e. The van der Waals surface area contributed by atoms with E-state index >= 15 is 0 Å². The van der Waals surface area contributed by atoms with Crippen molar-refractivity contribution in [3.05, 3.63) is 89.1 Å². The van der Waals surface area contributed by atoms with Crippen molar-refractivity contribution in [1.82, 2.24) is 4.98 Å². The number of ether oxygens (including phenoxy) is 4. The van der Waals surface area contributed by atoms with Gasteiger partial charge in [-0.1, -0.05) is 68.7 Å². The van der Waals surface area contributed by atoms with Crippen molar-refractivity contribution in [1.29, 1.82) is 0 Å². The minimum Gasteiger partial charge on any atom is -0.489 e. The van der Waals surface area contributed by atoms with Gasteiger partial charge in [0, 0.05) is 23.6 Å². The maximum atomic E-state index is 6.02. The number of nitrogens with zero attached hydrogens (tertiary/aromatic N) is 1. The summed E-state index contributed by atoms with van der Waals surface area (Å²) < 4.78 is 23.3. The number of rotatable bonds is 8. The Morgan fingerprint density at radius 2 is 1.68 bits per heavy atom. The molecular weight excluding hydrogens is 426 g/mol. The quantitative estimate of drug-likeness (QED) is 0.424. The first-order chi connectivity index (χ1) is 16.7. The molecule has 0 atom stereocenters. The van der Waals surface area contributed by atoms with Crippen LogP contribution in [0.3, 0.4) is 0 Å². The summed E-state index contributed by atoms with van der Waals surface area (Å²) in [5.74, 6) is 7.82. The molecule has 0 bridgehead atoms. The van der Waals surface area contributed by atoms with Gasteiger partial charge < -0.3 is 18.9 Å². The Morgan fingerprint density at radius 1 is 0.912 bits per heavy atom. The molecule has 5 heteroatoms. The lowest BCUT2D eigenvalue weighted by Crippen LogP contribution is -2.34. The fourth-order valence-corrected chi connectivity index (χ4v) is 3.51. The SMILES string of the molecule is CCCc1ccc(C#Cc2cc(OCc3ccccc3)cc(OCC3OCC(C)CO3)n2)cc1. The van der Waals surface area contributed by atoms with Crippen LogP contribution in [0, 0.1) is 17.8 Å². The van der Waals surface area contributed by atoms with Gasteiger partial charge in [-0.25, -0.2) is 4.98 Å². The highest BCUT2D eigenvalue weighted by Crippen LogP contribution is 2.22. The lowest BCUT2D eigenvalue weighted by atomic mass is 10.1. The second kappa shape index (κ2) is 12.2. The van der Waals surface area contributed by atoms with Crippen LogP contribution in [0.2, 0.25) is 0 Å². The minimum atomic E-state index is -0.400. The molecule has 2 heterocycles. The Balaban J connectivity index is 1.48. The lowest BCUT2D eigenvalue weighted by molar-refractivity contribution is -0.208. The van der Waals surface area contributed by atoms with Gasteiger partial charge in [-0.3, -0.25) is 0 Å². The van der Waals surface area contributed by atoms with E-state index in [1.807, 2.05) is 48.5 Å². The second-order valence-electron chi connectivity index (χ2n) is 8.51. The first-order valence-electron chi connectivity index (χ1n) is 11.8. The van der Waals surface area contributed by atoms with Crippen molar-refractivity contribution >= 4 is 0 Å². The summed E-state index contributed by atoms with van der Waals surface area (Å²) in [6, 6.07) is 22.0. The molecule has 3 aromatic rings. The van der Waals surface area contributed by atoms with Crippen molar-refractivity contribution in [2.45, 2.75) is 39.6 Å². The van der Waals surface area contributed by atoms with Crippen LogP contribution in [0.25, 0.3) is 0 Å². The molecule has 1 aliphatic heterocycles. The van der Waals surface area contributed by atoms with E-state index in [1.165, 1.54) is 5.56 Å². The van der Waals surface area contributed by atoms with Gasteiger partial charge in [-0.15, -0.1) is 0 Å². The highest BCUT2D eigenvalue weighted by Gasteiger charge is 2.20. The molecule has 1 saturated heterocycles. The molecule has 0 N–H and O–H groups in total. The summed E-state index contributed by atoms with van der Waals surface area (Å²) in [6.45, 7) is 6.30. The van der Waals surface area contributed by atoms with E-state index in [0.29, 0.717) is 43.1 Å². The van der Waals surface area contributed by atoms with Crippen LogP contribution in [0.1, 0.15) is 42.7 Å². The van der Waals surface area contributed by atoms with Crippen molar-refractivity contribution < 1.29 is 18.9 Å². The molecule has 1 fully saturated rings. The molecule has 0 spiro atoms. The zero-order chi connectivity index (χ0) is 23.6. The Labute approximate surface area is 202 Å². The number of benzene rings is 2. The maximum Gasteiger partial charge on any atom is 0.218 e. The van der Waals surface area contributed by atoms with Gasteiger partial charge in [0.2, 0.25) is 5.88 Å². The van der Waals surface area contributed by atoms with Crippen LogP contribution in [0.4, 0.5) is 0 Å². The van der Waals surface area contributed by atoms with Gasteiger partial charge in [-0.05, 0) is 35.6 Å². The zero-order valence-corrected chi connectivity index (χ0v) is 19.8. The monoisotopic (exact) mass is 457 g/mol. The first kappa shape index (κ1) is 23.8. The molecule has 1 aliphatic rings. The van der Waals surface area contributed by atoms with Gasteiger partial charge in [-0.2, -0.15) is 0 Å². The van der Waals surface area contributed by atoms with Crippen molar-refractivity contribution in [3.8, 4) is 23.5 Å². The van der Waals surface area contributed by atoms with E-state index in [2.05, 4.69) is 42.8 Å². The van der Waals surface area contributed by atoms with E-state index in [1.54, 1.807) is 6.07 Å². The second-order valence-corrected chi connectivity index (χ2v) is 8.51. The van der Waals surface area contributed by atoms with Crippen LogP contribution in [0.5, 0.6) is 11.6 Å². The van der Waals surface area contributed by atoms with Crippen molar-refractivity contribution in [2.24, 2.45) is 5.92 Å². The van der Waals surface area contributed by atoms with E-state index in [-0.39, 0.29) is 6.61 Å². The lowest BCUT2D eigenvalue weighted by Gasteiger charge is -2.27. The highest BCUT2D eigenvalue weighted by atomic mass is 16.7. The van der Waals surface area contributed by atoms with Crippen LogP contribution >= 0.6 is 0 Å². The predicted octanol–water partition coefficient (Wildman–Crippen LogP) is 5.40. The maximum absolute atomic E-state index is 6.02. The molecular formula is C29H31NO4. The predicted molar refractivity (Wildman–Crippen MR) is 132 cm³/mol. The van der Waals surface area contributed by atoms with Crippen LogP contribution in [-0.2, 0) is 22.5 Å². The van der Waals surface area contributed by atoms with E-state index < -0.39 is 6.29 Å². The van der Waals surface area contributed by atoms with Gasteiger partial charge in [0.25, 0.3) is 0 Å². The van der Waals surface area contributed by atoms with Crippen LogP contribution in [-0.4, -0.2) is 31.1 Å². The van der Waals surface area contributed by atoms with Gasteiger partial charge in [0.1, 0.15) is 24.7 Å². The molecule has 0 unspecified atom stereocenters. The van der Waals surface area contributed by atoms with E-state index in [0.717, 1.165) is 24.0 Å². The average molecular weight is 458 g/mol. The molecule has 4 rings (SSSR count). The molecule has 34 heavy (non-hydrogen) atoms. The molecule has 0 aliphatic carbocycles. The van der Waals surface area contributed by atoms with Crippen molar-refractivity contribution in [2.75, 3.05) is 19.8 Å². The summed E-state index contributed by atoms with van der Waals surface area (Å²) in [5.41, 5.74) is 3.93. The normalized spacial score (nSPS) is 17.5. The fourth-order valence-electron chi connectivity index (χ4n) is 3.51. The summed E-state index contributed by atoms with van der Waals surface area (Å²) >= 11 is 0. The fraction of sp³-hybridized carbons (Fsp3) is 0.345. The summed E-state index contributed by atoms with van der Waals surface area (Å²) in [6.07, 6.45) is 1.80. The average Bonchev–Trinajstić information content (AvgIpc) is 2.87. The van der Waals surface area contributed by atoms with Gasteiger partial charge >= 0.3 is 0 Å². The third-order valence-corrected chi connectivity index (χ3v) is 5.35. The molecule has 5 nitrogen and oxygen atoms in total. The standard InChI is InChI=1S/C29H31NO4/c1-3-7-23-10-12-24(13-11-23)14-15-26-16-27(31-20-25-8-5-4-6-9-25)17-28(30-26)32-21-29-33-18-22(2)19-34-29/h4-6,8-13,16-17,22,29H,3,7,18-21H2,1-2H3. The number of aromatic nitrogens is 1. The smallest absolute Gasteiger partial charge is 0.218 e. The zero-order valence-electron chi connectivity index (χ0n) is 19.8. The van der Waals surface area contributed by atoms with E-state index in [4.69, 9.17) is 18.9 Å². The number of pyridine rings is 1. The third-order valence-electron chi connectivity index (χ3n) is 5.35. The molecule has 1 aromatic heterocycles. The van der Waals surface area contributed by atoms with Gasteiger partial charge in [0.15, 0.2) is 6.29 Å². The summed E-state index contributed by atoms with van der Waals surface area (Å²) in [7, 11) is 0. The van der Waals surface area contributed by atoms with Gasteiger partial charge in [0.05, 0.1) is 13.2 Å².